The molecule has 23 heavy (non-hydrogen) atoms. The molecule has 0 fully saturated rings. The quantitative estimate of drug-likeness (QED) is 0.849. The molecule has 8 heteroatoms. The first-order valence-corrected chi connectivity index (χ1v) is 8.52. The van der Waals surface area contributed by atoms with E-state index < -0.39 is 15.7 Å². The standard InChI is InChI=1S/C15H13ClN2O4S/c1-18-14(19)10-4-2-3-5-11(10)15(18,20)9-6-7-12(16)13(8-9)23(17,21)22/h2-8,20H,1H3,(H2,17,21,22). The van der Waals surface area contributed by atoms with Gasteiger partial charge in [-0.25, -0.2) is 13.6 Å². The Bertz CT molecular complexity index is 929. The number of benzene rings is 2. The Morgan fingerprint density at radius 1 is 1.22 bits per heavy atom. The highest BCUT2D eigenvalue weighted by atomic mass is 35.5. The highest BCUT2D eigenvalue weighted by Gasteiger charge is 2.48. The fourth-order valence-electron chi connectivity index (χ4n) is 2.77. The summed E-state index contributed by atoms with van der Waals surface area (Å²) in [6.07, 6.45) is 0. The molecule has 3 rings (SSSR count). The number of primary sulfonamides is 1. The van der Waals surface area contributed by atoms with E-state index in [1.165, 1.54) is 25.2 Å². The van der Waals surface area contributed by atoms with Gasteiger partial charge in [0.2, 0.25) is 10.0 Å². The topological polar surface area (TPSA) is 101 Å². The van der Waals surface area contributed by atoms with Gasteiger partial charge in [0, 0.05) is 23.7 Å². The molecule has 1 unspecified atom stereocenters. The van der Waals surface area contributed by atoms with Crippen LogP contribution in [0.1, 0.15) is 21.5 Å². The third-order valence-corrected chi connectivity index (χ3v) is 5.36. The van der Waals surface area contributed by atoms with E-state index in [1.54, 1.807) is 24.3 Å². The number of halogens is 1. The lowest BCUT2D eigenvalue weighted by Crippen LogP contribution is -2.42. The number of carbonyl (C=O) groups is 1. The lowest BCUT2D eigenvalue weighted by atomic mass is 9.94. The fraction of sp³-hybridized carbons (Fsp3) is 0.133. The van der Waals surface area contributed by atoms with Crippen molar-refractivity contribution in [2.75, 3.05) is 7.05 Å². The highest BCUT2D eigenvalue weighted by Crippen LogP contribution is 2.42. The molecular formula is C15H13ClN2O4S. The SMILES string of the molecule is CN1C(=O)c2ccccc2C1(O)c1ccc(Cl)c(S(N)(=O)=O)c1. The summed E-state index contributed by atoms with van der Waals surface area (Å²) in [4.78, 5) is 13.2. The first-order valence-electron chi connectivity index (χ1n) is 6.60. The van der Waals surface area contributed by atoms with Crippen molar-refractivity contribution in [1.29, 1.82) is 0 Å². The number of sulfonamides is 1. The summed E-state index contributed by atoms with van der Waals surface area (Å²) < 4.78 is 23.3. The van der Waals surface area contributed by atoms with Gasteiger partial charge >= 0.3 is 0 Å². The number of nitrogens with zero attached hydrogens (tertiary/aromatic N) is 1. The zero-order valence-electron chi connectivity index (χ0n) is 12.0. The van der Waals surface area contributed by atoms with E-state index in [2.05, 4.69) is 0 Å². The van der Waals surface area contributed by atoms with E-state index in [0.29, 0.717) is 11.1 Å². The lowest BCUT2D eigenvalue weighted by Gasteiger charge is -2.32. The second kappa shape index (κ2) is 5.04. The van der Waals surface area contributed by atoms with Crippen LogP contribution in [0.5, 0.6) is 0 Å². The maximum atomic E-state index is 12.3. The van der Waals surface area contributed by atoms with Crippen LogP contribution in [0.4, 0.5) is 0 Å². The van der Waals surface area contributed by atoms with Crippen molar-refractivity contribution < 1.29 is 18.3 Å². The van der Waals surface area contributed by atoms with Crippen LogP contribution in [0.3, 0.4) is 0 Å². The summed E-state index contributed by atoms with van der Waals surface area (Å²) in [5, 5.41) is 16.3. The molecule has 1 heterocycles. The van der Waals surface area contributed by atoms with Gasteiger partial charge in [-0.15, -0.1) is 0 Å². The van der Waals surface area contributed by atoms with Gasteiger partial charge in [0.1, 0.15) is 4.90 Å². The number of nitrogens with two attached hydrogens (primary N) is 1. The monoisotopic (exact) mass is 352 g/mol. The Hall–Kier alpha value is -1.93. The van der Waals surface area contributed by atoms with Crippen LogP contribution >= 0.6 is 11.6 Å². The van der Waals surface area contributed by atoms with Crippen molar-refractivity contribution in [3.63, 3.8) is 0 Å². The van der Waals surface area contributed by atoms with Crippen LogP contribution in [0.15, 0.2) is 47.4 Å². The largest absolute Gasteiger partial charge is 0.363 e. The molecule has 1 aliphatic heterocycles. The van der Waals surface area contributed by atoms with Crippen molar-refractivity contribution in [2.24, 2.45) is 5.14 Å². The molecule has 0 spiro atoms. The van der Waals surface area contributed by atoms with Crippen molar-refractivity contribution in [3.8, 4) is 0 Å². The van der Waals surface area contributed by atoms with Crippen LogP contribution < -0.4 is 5.14 Å². The van der Waals surface area contributed by atoms with Crippen molar-refractivity contribution in [1.82, 2.24) is 4.90 Å². The number of aliphatic hydroxyl groups is 1. The Morgan fingerprint density at radius 2 is 1.87 bits per heavy atom. The van der Waals surface area contributed by atoms with Gasteiger partial charge in [-0.05, 0) is 18.2 Å². The summed E-state index contributed by atoms with van der Waals surface area (Å²) in [6.45, 7) is 0. The van der Waals surface area contributed by atoms with Crippen LogP contribution in [0.2, 0.25) is 5.02 Å². The van der Waals surface area contributed by atoms with E-state index in [9.17, 15) is 18.3 Å². The normalized spacial score (nSPS) is 20.7. The average Bonchev–Trinajstić information content (AvgIpc) is 2.70. The predicted molar refractivity (Wildman–Crippen MR) is 84.4 cm³/mol. The van der Waals surface area contributed by atoms with Gasteiger partial charge in [0.05, 0.1) is 5.02 Å². The Kier molecular flexibility index (Phi) is 3.49. The molecule has 2 aromatic rings. The van der Waals surface area contributed by atoms with Gasteiger partial charge in [-0.3, -0.25) is 4.79 Å². The van der Waals surface area contributed by atoms with Crippen molar-refractivity contribution in [2.45, 2.75) is 10.6 Å². The van der Waals surface area contributed by atoms with Crippen molar-refractivity contribution in [3.05, 3.63) is 64.2 Å². The molecule has 2 aromatic carbocycles. The Labute approximate surface area is 138 Å². The summed E-state index contributed by atoms with van der Waals surface area (Å²) in [6, 6.07) is 10.6. The van der Waals surface area contributed by atoms with E-state index in [1.807, 2.05) is 0 Å². The number of carbonyl (C=O) groups excluding carboxylic acids is 1. The first kappa shape index (κ1) is 15.9. The van der Waals surface area contributed by atoms with Crippen LogP contribution in [-0.2, 0) is 15.7 Å². The summed E-state index contributed by atoms with van der Waals surface area (Å²) >= 11 is 5.88. The number of amides is 1. The van der Waals surface area contributed by atoms with Gasteiger partial charge < -0.3 is 10.0 Å². The number of rotatable bonds is 2. The van der Waals surface area contributed by atoms with Crippen molar-refractivity contribution >= 4 is 27.5 Å². The number of fused-ring (bicyclic) bond motifs is 1. The molecular weight excluding hydrogens is 340 g/mol. The molecule has 0 aliphatic carbocycles. The molecule has 3 N–H and O–H groups in total. The first-order chi connectivity index (χ1) is 10.7. The smallest absolute Gasteiger partial charge is 0.256 e. The molecule has 0 saturated carbocycles. The molecule has 1 atom stereocenters. The van der Waals surface area contributed by atoms with Gasteiger partial charge in [0.15, 0.2) is 5.72 Å². The fourth-order valence-corrected chi connectivity index (χ4v) is 3.84. The van der Waals surface area contributed by atoms with Crippen LogP contribution in [0.25, 0.3) is 0 Å². The molecule has 0 radical (unpaired) electrons. The molecule has 1 aliphatic rings. The van der Waals surface area contributed by atoms with Gasteiger partial charge in [-0.2, -0.15) is 0 Å². The van der Waals surface area contributed by atoms with Crippen LogP contribution in [0, 0.1) is 0 Å². The predicted octanol–water partition coefficient (Wildman–Crippen LogP) is 1.27. The lowest BCUT2D eigenvalue weighted by molar-refractivity contribution is -0.0370. The second-order valence-corrected chi connectivity index (χ2v) is 7.21. The second-order valence-electron chi connectivity index (χ2n) is 5.27. The molecule has 6 nitrogen and oxygen atoms in total. The summed E-state index contributed by atoms with van der Waals surface area (Å²) in [7, 11) is -2.63. The van der Waals surface area contributed by atoms with Gasteiger partial charge in [-0.1, -0.05) is 35.9 Å². The Morgan fingerprint density at radius 3 is 2.52 bits per heavy atom. The average molecular weight is 353 g/mol. The molecule has 0 saturated heterocycles. The maximum absolute atomic E-state index is 12.3. The number of hydrogen-bond acceptors (Lipinski definition) is 4. The van der Waals surface area contributed by atoms with E-state index in [0.717, 1.165) is 4.90 Å². The zero-order chi connectivity index (χ0) is 17.0. The van der Waals surface area contributed by atoms with Crippen LogP contribution in [-0.4, -0.2) is 31.4 Å². The minimum Gasteiger partial charge on any atom is -0.363 e. The molecule has 0 bridgehead atoms. The number of hydrogen-bond donors (Lipinski definition) is 2. The Balaban J connectivity index is 2.28. The highest BCUT2D eigenvalue weighted by molar-refractivity contribution is 7.89. The molecule has 1 amide bonds. The molecule has 0 aromatic heterocycles. The van der Waals surface area contributed by atoms with E-state index >= 15 is 0 Å². The van der Waals surface area contributed by atoms with E-state index in [4.69, 9.17) is 16.7 Å². The third kappa shape index (κ3) is 2.24. The minimum absolute atomic E-state index is 0.0555. The molecule has 120 valence electrons. The summed E-state index contributed by atoms with van der Waals surface area (Å²) in [5.41, 5.74) is -0.885. The maximum Gasteiger partial charge on any atom is 0.256 e. The van der Waals surface area contributed by atoms with E-state index in [-0.39, 0.29) is 21.4 Å². The third-order valence-electron chi connectivity index (χ3n) is 3.96. The zero-order valence-corrected chi connectivity index (χ0v) is 13.6. The minimum atomic E-state index is -4.07. The van der Waals surface area contributed by atoms with Gasteiger partial charge in [0.25, 0.3) is 5.91 Å². The summed E-state index contributed by atoms with van der Waals surface area (Å²) in [5.74, 6) is -0.366.